The molecular weight excluding hydrogens is 478 g/mol. The number of amides is 2. The zero-order chi connectivity index (χ0) is 26.9. The number of anilines is 1. The van der Waals surface area contributed by atoms with Gasteiger partial charge in [0.2, 0.25) is 21.8 Å². The number of rotatable bonds is 13. The van der Waals surface area contributed by atoms with E-state index in [0.29, 0.717) is 30.8 Å². The molecule has 0 aromatic heterocycles. The third-order valence-electron chi connectivity index (χ3n) is 5.80. The lowest BCUT2D eigenvalue weighted by molar-refractivity contribution is -0.141. The van der Waals surface area contributed by atoms with Gasteiger partial charge in [-0.2, -0.15) is 0 Å². The summed E-state index contributed by atoms with van der Waals surface area (Å²) in [5.41, 5.74) is 2.55. The fraction of sp³-hybridized carbons (Fsp3) is 0.481. The lowest BCUT2D eigenvalue weighted by Crippen LogP contribution is -2.50. The zero-order valence-electron chi connectivity index (χ0n) is 22.2. The number of sulfonamides is 1. The standard InChI is InChI=1S/C27H39N3O5S/c1-7-25(27(32)28-20(2)3)29(19-22-12-10-21(4)11-13-22)26(31)9-8-18-30(36(6,33)34)23-14-16-24(35-5)17-15-23/h10-17,20,25H,7-9,18-19H2,1-6H3,(H,28,32)/t25-/m1/s1. The number of nitrogens with zero attached hydrogens (tertiary/aromatic N) is 2. The zero-order valence-corrected chi connectivity index (χ0v) is 23.0. The predicted molar refractivity (Wildman–Crippen MR) is 144 cm³/mol. The fourth-order valence-electron chi connectivity index (χ4n) is 3.94. The van der Waals surface area contributed by atoms with Crippen LogP contribution in [-0.4, -0.2) is 57.1 Å². The number of methoxy groups -OCH3 is 1. The van der Waals surface area contributed by atoms with Crippen LogP contribution in [0.4, 0.5) is 5.69 Å². The summed E-state index contributed by atoms with van der Waals surface area (Å²) in [6.45, 7) is 8.09. The van der Waals surface area contributed by atoms with Gasteiger partial charge in [0.1, 0.15) is 11.8 Å². The van der Waals surface area contributed by atoms with E-state index in [1.165, 1.54) is 4.31 Å². The number of aryl methyl sites for hydroxylation is 1. The maximum absolute atomic E-state index is 13.4. The van der Waals surface area contributed by atoms with Crippen LogP contribution in [0, 0.1) is 6.92 Å². The number of carbonyl (C=O) groups excluding carboxylic acids is 2. The highest BCUT2D eigenvalue weighted by Crippen LogP contribution is 2.22. The van der Waals surface area contributed by atoms with Gasteiger partial charge in [0.25, 0.3) is 0 Å². The van der Waals surface area contributed by atoms with E-state index in [2.05, 4.69) is 5.32 Å². The second-order valence-corrected chi connectivity index (χ2v) is 11.1. The van der Waals surface area contributed by atoms with Crippen molar-refractivity contribution in [2.75, 3.05) is 24.2 Å². The van der Waals surface area contributed by atoms with Crippen LogP contribution in [0.5, 0.6) is 5.75 Å². The van der Waals surface area contributed by atoms with Gasteiger partial charge >= 0.3 is 0 Å². The monoisotopic (exact) mass is 517 g/mol. The number of benzene rings is 2. The van der Waals surface area contributed by atoms with Crippen LogP contribution >= 0.6 is 0 Å². The Kier molecular flexibility index (Phi) is 10.8. The summed E-state index contributed by atoms with van der Waals surface area (Å²) in [7, 11) is -2.01. The van der Waals surface area contributed by atoms with Crippen molar-refractivity contribution in [3.63, 3.8) is 0 Å². The molecule has 0 saturated carbocycles. The summed E-state index contributed by atoms with van der Waals surface area (Å²) in [6.07, 6.45) is 2.04. The van der Waals surface area contributed by atoms with E-state index in [1.807, 2.05) is 52.0 Å². The van der Waals surface area contributed by atoms with Crippen molar-refractivity contribution in [3.8, 4) is 5.75 Å². The molecule has 0 unspecified atom stereocenters. The third kappa shape index (κ3) is 8.55. The summed E-state index contributed by atoms with van der Waals surface area (Å²) >= 11 is 0. The van der Waals surface area contributed by atoms with E-state index in [9.17, 15) is 18.0 Å². The van der Waals surface area contributed by atoms with E-state index >= 15 is 0 Å². The molecule has 0 saturated heterocycles. The molecule has 2 aromatic carbocycles. The lowest BCUT2D eigenvalue weighted by Gasteiger charge is -2.31. The largest absolute Gasteiger partial charge is 0.497 e. The average molecular weight is 518 g/mol. The minimum Gasteiger partial charge on any atom is -0.497 e. The number of hydrogen-bond acceptors (Lipinski definition) is 5. The van der Waals surface area contributed by atoms with Gasteiger partial charge in [-0.15, -0.1) is 0 Å². The van der Waals surface area contributed by atoms with Gasteiger partial charge in [-0.3, -0.25) is 13.9 Å². The van der Waals surface area contributed by atoms with Crippen molar-refractivity contribution in [2.45, 2.75) is 65.6 Å². The van der Waals surface area contributed by atoms with Crippen LogP contribution in [0.1, 0.15) is 51.2 Å². The van der Waals surface area contributed by atoms with E-state index in [-0.39, 0.29) is 30.8 Å². The molecule has 2 rings (SSSR count). The van der Waals surface area contributed by atoms with Gasteiger partial charge in [0.05, 0.1) is 19.1 Å². The number of nitrogens with one attached hydrogen (secondary N) is 1. The summed E-state index contributed by atoms with van der Waals surface area (Å²) in [4.78, 5) is 28.0. The molecule has 0 spiro atoms. The summed E-state index contributed by atoms with van der Waals surface area (Å²) < 4.78 is 31.4. The van der Waals surface area contributed by atoms with Crippen LogP contribution in [0.2, 0.25) is 0 Å². The Morgan fingerprint density at radius 2 is 1.64 bits per heavy atom. The topological polar surface area (TPSA) is 96.0 Å². The first-order valence-corrected chi connectivity index (χ1v) is 14.1. The number of ether oxygens (including phenoxy) is 1. The van der Waals surface area contributed by atoms with Crippen molar-refractivity contribution < 1.29 is 22.7 Å². The van der Waals surface area contributed by atoms with Crippen molar-refractivity contribution in [2.24, 2.45) is 0 Å². The number of hydrogen-bond donors (Lipinski definition) is 1. The minimum atomic E-state index is -3.55. The molecule has 9 heteroatoms. The Bertz CT molecular complexity index is 1100. The van der Waals surface area contributed by atoms with E-state index in [1.54, 1.807) is 36.3 Å². The van der Waals surface area contributed by atoms with Crippen LogP contribution < -0.4 is 14.4 Å². The van der Waals surface area contributed by atoms with Gasteiger partial charge < -0.3 is 15.0 Å². The van der Waals surface area contributed by atoms with Crippen molar-refractivity contribution in [3.05, 3.63) is 59.7 Å². The molecule has 0 aliphatic rings. The highest BCUT2D eigenvalue weighted by Gasteiger charge is 2.29. The first-order valence-electron chi connectivity index (χ1n) is 12.2. The highest BCUT2D eigenvalue weighted by molar-refractivity contribution is 7.92. The smallest absolute Gasteiger partial charge is 0.243 e. The van der Waals surface area contributed by atoms with Gasteiger partial charge in [-0.1, -0.05) is 36.8 Å². The van der Waals surface area contributed by atoms with Gasteiger partial charge in [0.15, 0.2) is 0 Å². The van der Waals surface area contributed by atoms with Gasteiger partial charge in [-0.25, -0.2) is 8.42 Å². The number of carbonyl (C=O) groups is 2. The SMILES string of the molecule is CC[C@H](C(=O)NC(C)C)N(Cc1ccc(C)cc1)C(=O)CCCN(c1ccc(OC)cc1)S(C)(=O)=O. The lowest BCUT2D eigenvalue weighted by atomic mass is 10.1. The van der Waals surface area contributed by atoms with Crippen LogP contribution in [-0.2, 0) is 26.2 Å². The first kappa shape index (κ1) is 29.2. The van der Waals surface area contributed by atoms with Crippen molar-refractivity contribution in [1.82, 2.24) is 10.2 Å². The van der Waals surface area contributed by atoms with E-state index in [0.717, 1.165) is 17.4 Å². The highest BCUT2D eigenvalue weighted by atomic mass is 32.2. The Labute approximate surface area is 215 Å². The maximum Gasteiger partial charge on any atom is 0.243 e. The molecular formula is C27H39N3O5S. The molecule has 36 heavy (non-hydrogen) atoms. The summed E-state index contributed by atoms with van der Waals surface area (Å²) in [6, 6.07) is 13.9. The second-order valence-electron chi connectivity index (χ2n) is 9.23. The fourth-order valence-corrected chi connectivity index (χ4v) is 4.91. The first-order chi connectivity index (χ1) is 17.0. The second kappa shape index (κ2) is 13.3. The Morgan fingerprint density at radius 3 is 2.14 bits per heavy atom. The van der Waals surface area contributed by atoms with Gasteiger partial charge in [0, 0.05) is 25.6 Å². The maximum atomic E-state index is 13.4. The summed E-state index contributed by atoms with van der Waals surface area (Å²) in [5, 5.41) is 2.92. The molecule has 0 radical (unpaired) electrons. The normalized spacial score (nSPS) is 12.2. The van der Waals surface area contributed by atoms with Crippen molar-refractivity contribution >= 4 is 27.5 Å². The molecule has 8 nitrogen and oxygen atoms in total. The Morgan fingerprint density at radius 1 is 1.03 bits per heavy atom. The Balaban J connectivity index is 2.20. The van der Waals surface area contributed by atoms with Crippen LogP contribution in [0.25, 0.3) is 0 Å². The molecule has 198 valence electrons. The Hall–Kier alpha value is -3.07. The molecule has 0 aliphatic carbocycles. The summed E-state index contributed by atoms with van der Waals surface area (Å²) in [5.74, 6) is 0.243. The van der Waals surface area contributed by atoms with Crippen molar-refractivity contribution in [1.29, 1.82) is 0 Å². The molecule has 2 amide bonds. The molecule has 2 aromatic rings. The minimum absolute atomic E-state index is 0.0457. The molecule has 0 aliphatic heterocycles. The van der Waals surface area contributed by atoms with Crippen LogP contribution in [0.15, 0.2) is 48.5 Å². The quantitative estimate of drug-likeness (QED) is 0.435. The van der Waals surface area contributed by atoms with E-state index < -0.39 is 16.1 Å². The average Bonchev–Trinajstić information content (AvgIpc) is 2.81. The molecule has 0 heterocycles. The van der Waals surface area contributed by atoms with E-state index in [4.69, 9.17) is 4.74 Å². The predicted octanol–water partition coefficient (Wildman–Crippen LogP) is 3.88. The molecule has 0 fully saturated rings. The van der Waals surface area contributed by atoms with Crippen LogP contribution in [0.3, 0.4) is 0 Å². The molecule has 1 atom stereocenters. The van der Waals surface area contributed by atoms with Gasteiger partial charge in [-0.05, 0) is 63.4 Å². The molecule has 1 N–H and O–H groups in total. The third-order valence-corrected chi connectivity index (χ3v) is 7.00. The molecule has 0 bridgehead atoms.